The smallest absolute Gasteiger partial charge is 0.151 e. The quantitative estimate of drug-likeness (QED) is 0.721. The van der Waals surface area contributed by atoms with Crippen LogP contribution in [-0.4, -0.2) is 47.1 Å². The van der Waals surface area contributed by atoms with Crippen LogP contribution in [0.5, 0.6) is 0 Å². The van der Waals surface area contributed by atoms with Crippen molar-refractivity contribution in [2.45, 2.75) is 39.8 Å². The number of anilines is 1. The van der Waals surface area contributed by atoms with Gasteiger partial charge in [0.25, 0.3) is 0 Å². The minimum Gasteiger partial charge on any atom is -0.368 e. The Balaban J connectivity index is 1.82. The Morgan fingerprint density at radius 1 is 1.36 bits per heavy atom. The lowest BCUT2D eigenvalue weighted by Crippen LogP contribution is -2.51. The Bertz CT molecular complexity index is 859. The number of carbonyl (C=O) groups excluding carboxylic acids is 1. The number of rotatable bonds is 6. The molecular weight excluding hydrogens is 350 g/mol. The third-order valence-electron chi connectivity index (χ3n) is 5.19. The van der Waals surface area contributed by atoms with Crippen LogP contribution in [0, 0.1) is 17.2 Å². The minimum atomic E-state index is 0.302. The van der Waals surface area contributed by atoms with E-state index in [1.807, 2.05) is 18.2 Å². The lowest BCUT2D eigenvalue weighted by atomic mass is 9.96. The Hall–Kier alpha value is -2.78. The van der Waals surface area contributed by atoms with Crippen LogP contribution >= 0.6 is 0 Å². The fourth-order valence-corrected chi connectivity index (χ4v) is 3.84. The third kappa shape index (κ3) is 4.55. The lowest BCUT2D eigenvalue weighted by Gasteiger charge is -2.41. The van der Waals surface area contributed by atoms with Crippen LogP contribution in [0.2, 0.25) is 0 Å². The molecule has 1 fully saturated rings. The van der Waals surface area contributed by atoms with Crippen LogP contribution in [0.4, 0.5) is 5.69 Å². The minimum absolute atomic E-state index is 0.302. The van der Waals surface area contributed by atoms with Crippen molar-refractivity contribution in [1.82, 2.24) is 15.1 Å². The number of nitrogens with zero attached hydrogens (tertiary/aromatic N) is 5. The number of aromatic nitrogens is 2. The zero-order chi connectivity index (χ0) is 20.1. The maximum absolute atomic E-state index is 11.6. The summed E-state index contributed by atoms with van der Waals surface area (Å²) in [6.45, 7) is 9.75. The molecule has 1 aliphatic heterocycles. The van der Waals surface area contributed by atoms with Crippen LogP contribution in [0.1, 0.15) is 48.0 Å². The van der Waals surface area contributed by atoms with E-state index in [1.165, 1.54) is 0 Å². The van der Waals surface area contributed by atoms with Gasteiger partial charge in [0.05, 0.1) is 16.9 Å². The van der Waals surface area contributed by atoms with Crippen LogP contribution in [0.3, 0.4) is 0 Å². The van der Waals surface area contributed by atoms with E-state index in [2.05, 4.69) is 52.9 Å². The largest absolute Gasteiger partial charge is 0.368 e. The van der Waals surface area contributed by atoms with Gasteiger partial charge in [0.2, 0.25) is 0 Å². The highest BCUT2D eigenvalue weighted by Gasteiger charge is 2.26. The normalized spacial score (nSPS) is 17.5. The first-order valence-electron chi connectivity index (χ1n) is 9.79. The van der Waals surface area contributed by atoms with Gasteiger partial charge in [-0.3, -0.25) is 9.69 Å². The molecule has 1 aromatic carbocycles. The van der Waals surface area contributed by atoms with Crippen molar-refractivity contribution < 1.29 is 4.79 Å². The highest BCUT2D eigenvalue weighted by molar-refractivity contribution is 5.84. The second-order valence-corrected chi connectivity index (χ2v) is 7.89. The highest BCUT2D eigenvalue weighted by atomic mass is 16.1. The number of hydrogen-bond donors (Lipinski definition) is 0. The van der Waals surface area contributed by atoms with Crippen molar-refractivity contribution in [3.8, 4) is 6.07 Å². The topological polar surface area (TPSA) is 73.1 Å². The molecule has 0 spiro atoms. The molecule has 2 aromatic rings. The van der Waals surface area contributed by atoms with Gasteiger partial charge in [0, 0.05) is 44.0 Å². The summed E-state index contributed by atoms with van der Waals surface area (Å²) >= 11 is 0. The predicted molar refractivity (Wildman–Crippen MR) is 109 cm³/mol. The lowest BCUT2D eigenvalue weighted by molar-refractivity contribution is 0.112. The van der Waals surface area contributed by atoms with Crippen LogP contribution < -0.4 is 4.90 Å². The molecule has 0 amide bonds. The molecule has 6 nitrogen and oxygen atoms in total. The standard InChI is InChI=1S/C22H27N5O/c1-16(2)9-18-10-19(15-28)21(12-23)22(11-18)27-8-7-26(17(3)13-27)14-20-5-4-6-24-25-20/h4-6,10-11,15-17H,7-9,13-14H2,1-3H3/t17-/m0/s1. The number of carbonyl (C=O) groups is 1. The Labute approximate surface area is 166 Å². The van der Waals surface area contributed by atoms with Crippen molar-refractivity contribution >= 4 is 12.0 Å². The molecule has 3 rings (SSSR count). The summed E-state index contributed by atoms with van der Waals surface area (Å²) in [6, 6.07) is 10.4. The van der Waals surface area contributed by atoms with Gasteiger partial charge in [-0.2, -0.15) is 15.5 Å². The van der Waals surface area contributed by atoms with E-state index < -0.39 is 0 Å². The van der Waals surface area contributed by atoms with E-state index in [1.54, 1.807) is 6.20 Å². The summed E-state index contributed by atoms with van der Waals surface area (Å²) < 4.78 is 0. The van der Waals surface area contributed by atoms with Crippen molar-refractivity contribution in [1.29, 1.82) is 5.26 Å². The summed E-state index contributed by atoms with van der Waals surface area (Å²) in [5.74, 6) is 0.489. The van der Waals surface area contributed by atoms with Gasteiger partial charge in [0.1, 0.15) is 6.07 Å². The zero-order valence-electron chi connectivity index (χ0n) is 16.8. The zero-order valence-corrected chi connectivity index (χ0v) is 16.8. The number of piperazine rings is 1. The summed E-state index contributed by atoms with van der Waals surface area (Å²) in [6.07, 6.45) is 3.38. The summed E-state index contributed by atoms with van der Waals surface area (Å²) in [5.41, 5.74) is 3.93. The fraction of sp³-hybridized carbons (Fsp3) is 0.455. The molecule has 1 atom stereocenters. The first-order chi connectivity index (χ1) is 13.5. The van der Waals surface area contributed by atoms with Gasteiger partial charge in [-0.05, 0) is 49.1 Å². The molecule has 146 valence electrons. The number of nitriles is 1. The molecule has 28 heavy (non-hydrogen) atoms. The maximum Gasteiger partial charge on any atom is 0.151 e. The molecule has 1 aliphatic rings. The highest BCUT2D eigenvalue weighted by Crippen LogP contribution is 2.28. The van der Waals surface area contributed by atoms with Crippen molar-refractivity contribution in [2.24, 2.45) is 5.92 Å². The maximum atomic E-state index is 11.6. The SMILES string of the molecule is CC(C)Cc1cc(C=O)c(C#N)c(N2CCN(Cc3cccnn3)[C@@H](C)C2)c1. The molecule has 1 saturated heterocycles. The first kappa shape index (κ1) is 20.0. The first-order valence-corrected chi connectivity index (χ1v) is 9.79. The second kappa shape index (κ2) is 8.94. The number of benzene rings is 1. The monoisotopic (exact) mass is 377 g/mol. The number of hydrogen-bond acceptors (Lipinski definition) is 6. The second-order valence-electron chi connectivity index (χ2n) is 7.89. The van der Waals surface area contributed by atoms with Crippen molar-refractivity contribution in [3.05, 3.63) is 52.8 Å². The molecule has 2 heterocycles. The van der Waals surface area contributed by atoms with E-state index >= 15 is 0 Å². The van der Waals surface area contributed by atoms with Gasteiger partial charge in [-0.1, -0.05) is 13.8 Å². The average Bonchev–Trinajstić information content (AvgIpc) is 2.69. The molecule has 0 bridgehead atoms. The van der Waals surface area contributed by atoms with Crippen LogP contribution in [-0.2, 0) is 13.0 Å². The fourth-order valence-electron chi connectivity index (χ4n) is 3.84. The molecule has 0 N–H and O–H groups in total. The summed E-state index contributed by atoms with van der Waals surface area (Å²) in [7, 11) is 0. The summed E-state index contributed by atoms with van der Waals surface area (Å²) in [4.78, 5) is 16.2. The van der Waals surface area contributed by atoms with E-state index in [0.29, 0.717) is 23.1 Å². The van der Waals surface area contributed by atoms with Crippen LogP contribution in [0.25, 0.3) is 0 Å². The van der Waals surface area contributed by atoms with E-state index in [0.717, 1.165) is 55.8 Å². The molecule has 0 unspecified atom stereocenters. The van der Waals surface area contributed by atoms with E-state index in [4.69, 9.17) is 0 Å². The van der Waals surface area contributed by atoms with Gasteiger partial charge in [-0.15, -0.1) is 0 Å². The van der Waals surface area contributed by atoms with Gasteiger partial charge >= 0.3 is 0 Å². The Morgan fingerprint density at radius 3 is 2.79 bits per heavy atom. The summed E-state index contributed by atoms with van der Waals surface area (Å²) in [5, 5.41) is 17.8. The van der Waals surface area contributed by atoms with Crippen molar-refractivity contribution in [2.75, 3.05) is 24.5 Å². The molecular formula is C22H27N5O. The van der Waals surface area contributed by atoms with Crippen molar-refractivity contribution in [3.63, 3.8) is 0 Å². The van der Waals surface area contributed by atoms with Crippen LogP contribution in [0.15, 0.2) is 30.5 Å². The van der Waals surface area contributed by atoms with E-state index in [-0.39, 0.29) is 0 Å². The Morgan fingerprint density at radius 2 is 2.18 bits per heavy atom. The van der Waals surface area contributed by atoms with Gasteiger partial charge in [-0.25, -0.2) is 0 Å². The number of aldehydes is 1. The van der Waals surface area contributed by atoms with Gasteiger partial charge in [0.15, 0.2) is 6.29 Å². The van der Waals surface area contributed by atoms with E-state index in [9.17, 15) is 10.1 Å². The average molecular weight is 377 g/mol. The Kier molecular flexibility index (Phi) is 6.37. The molecule has 1 aromatic heterocycles. The predicted octanol–water partition coefficient (Wildman–Crippen LogP) is 3.07. The molecule has 0 saturated carbocycles. The molecule has 6 heteroatoms. The van der Waals surface area contributed by atoms with Gasteiger partial charge < -0.3 is 4.90 Å². The molecule has 0 aliphatic carbocycles. The molecule has 0 radical (unpaired) electrons. The third-order valence-corrected chi connectivity index (χ3v) is 5.19.